The van der Waals surface area contributed by atoms with Crippen molar-refractivity contribution in [1.29, 1.82) is 0 Å². The highest BCUT2D eigenvalue weighted by molar-refractivity contribution is 5.53. The van der Waals surface area contributed by atoms with Crippen molar-refractivity contribution >= 4 is 0 Å². The monoisotopic (exact) mass is 364 g/mol. The van der Waals surface area contributed by atoms with Crippen molar-refractivity contribution in [3.05, 3.63) is 65.7 Å². The molecule has 0 unspecified atom stereocenters. The first-order valence-electron chi connectivity index (χ1n) is 9.37. The summed E-state index contributed by atoms with van der Waals surface area (Å²) >= 11 is 0. The average molecular weight is 364 g/mol. The van der Waals surface area contributed by atoms with E-state index in [1.54, 1.807) is 12.4 Å². The fourth-order valence-corrected chi connectivity index (χ4v) is 3.27. The number of pyridine rings is 1. The van der Waals surface area contributed by atoms with Gasteiger partial charge in [0.25, 0.3) is 0 Å². The molecule has 3 heterocycles. The van der Waals surface area contributed by atoms with Crippen LogP contribution in [0.5, 0.6) is 0 Å². The first-order valence-corrected chi connectivity index (χ1v) is 9.37. The van der Waals surface area contributed by atoms with Gasteiger partial charge >= 0.3 is 0 Å². The van der Waals surface area contributed by atoms with Crippen molar-refractivity contribution in [2.24, 2.45) is 0 Å². The predicted molar refractivity (Wildman–Crippen MR) is 102 cm³/mol. The van der Waals surface area contributed by atoms with E-state index in [0.717, 1.165) is 30.8 Å². The van der Waals surface area contributed by atoms with Gasteiger partial charge in [0.05, 0.1) is 19.3 Å². The van der Waals surface area contributed by atoms with Crippen LogP contribution in [0.3, 0.4) is 0 Å². The molecule has 0 amide bonds. The van der Waals surface area contributed by atoms with Crippen molar-refractivity contribution in [1.82, 2.24) is 19.7 Å². The van der Waals surface area contributed by atoms with E-state index in [9.17, 15) is 0 Å². The Balaban J connectivity index is 1.53. The normalized spacial score (nSPS) is 16.7. The number of hydrogen-bond acceptors (Lipinski definition) is 5. The molecule has 0 spiro atoms. The van der Waals surface area contributed by atoms with Gasteiger partial charge < -0.3 is 9.47 Å². The lowest BCUT2D eigenvalue weighted by molar-refractivity contribution is 0.00772. The second kappa shape index (κ2) is 8.41. The Kier molecular flexibility index (Phi) is 5.55. The van der Waals surface area contributed by atoms with Crippen LogP contribution in [-0.4, -0.2) is 39.1 Å². The van der Waals surface area contributed by atoms with E-state index >= 15 is 0 Å². The first kappa shape index (κ1) is 17.8. The Hall–Kier alpha value is -2.57. The number of aryl methyl sites for hydroxylation is 1. The summed E-state index contributed by atoms with van der Waals surface area (Å²) in [6.07, 6.45) is 5.90. The standard InChI is InChI=1S/C21H24N4O2/c1-16-4-2-5-17(12-16)13-25-20(15-26-14-19-6-3-11-27-19)23-21(24-25)18-7-9-22-10-8-18/h2,4-5,7-10,12,19H,3,6,11,13-15H2,1H3/t19-/m1/s1. The lowest BCUT2D eigenvalue weighted by Gasteiger charge is -2.11. The second-order valence-electron chi connectivity index (χ2n) is 6.88. The SMILES string of the molecule is Cc1cccc(Cn2nc(-c3ccncc3)nc2COC[C@H]2CCCO2)c1. The lowest BCUT2D eigenvalue weighted by atomic mass is 10.1. The number of benzene rings is 1. The summed E-state index contributed by atoms with van der Waals surface area (Å²) in [5.41, 5.74) is 3.38. The lowest BCUT2D eigenvalue weighted by Crippen LogP contribution is -2.16. The van der Waals surface area contributed by atoms with E-state index in [4.69, 9.17) is 19.6 Å². The maximum atomic E-state index is 5.89. The summed E-state index contributed by atoms with van der Waals surface area (Å²) in [6.45, 7) is 4.62. The third-order valence-corrected chi connectivity index (χ3v) is 4.66. The zero-order chi connectivity index (χ0) is 18.5. The minimum Gasteiger partial charge on any atom is -0.376 e. The first-order chi connectivity index (χ1) is 13.3. The minimum atomic E-state index is 0.206. The molecular weight excluding hydrogens is 340 g/mol. The molecule has 0 saturated carbocycles. The Morgan fingerprint density at radius 1 is 1.22 bits per heavy atom. The summed E-state index contributed by atoms with van der Waals surface area (Å²) in [6, 6.07) is 12.3. The third-order valence-electron chi connectivity index (χ3n) is 4.66. The van der Waals surface area contributed by atoms with Gasteiger partial charge in [0, 0.05) is 24.6 Å². The van der Waals surface area contributed by atoms with Crippen LogP contribution in [0, 0.1) is 6.92 Å². The molecule has 1 aliphatic heterocycles. The van der Waals surface area contributed by atoms with Gasteiger partial charge in [-0.05, 0) is 37.5 Å². The molecule has 4 rings (SSSR count). The summed E-state index contributed by atoms with van der Waals surface area (Å²) in [4.78, 5) is 8.79. The maximum Gasteiger partial charge on any atom is 0.181 e. The molecule has 6 nitrogen and oxygen atoms in total. The predicted octanol–water partition coefficient (Wildman–Crippen LogP) is 3.39. The quantitative estimate of drug-likeness (QED) is 0.643. The van der Waals surface area contributed by atoms with Crippen LogP contribution in [-0.2, 0) is 22.6 Å². The van der Waals surface area contributed by atoms with Crippen molar-refractivity contribution < 1.29 is 9.47 Å². The molecule has 0 N–H and O–H groups in total. The molecule has 1 fully saturated rings. The summed E-state index contributed by atoms with van der Waals surface area (Å²) in [5.74, 6) is 1.52. The Morgan fingerprint density at radius 3 is 2.89 bits per heavy atom. The van der Waals surface area contributed by atoms with Crippen LogP contribution >= 0.6 is 0 Å². The van der Waals surface area contributed by atoms with Gasteiger partial charge in [0.1, 0.15) is 6.61 Å². The van der Waals surface area contributed by atoms with Crippen molar-refractivity contribution in [2.75, 3.05) is 13.2 Å². The van der Waals surface area contributed by atoms with Crippen LogP contribution in [0.15, 0.2) is 48.8 Å². The number of nitrogens with zero attached hydrogens (tertiary/aromatic N) is 4. The highest BCUT2D eigenvalue weighted by Crippen LogP contribution is 2.17. The highest BCUT2D eigenvalue weighted by atomic mass is 16.5. The molecule has 0 aliphatic carbocycles. The van der Waals surface area contributed by atoms with E-state index in [1.165, 1.54) is 11.1 Å². The van der Waals surface area contributed by atoms with Gasteiger partial charge in [0.2, 0.25) is 0 Å². The third kappa shape index (κ3) is 4.59. The summed E-state index contributed by atoms with van der Waals surface area (Å²) in [7, 11) is 0. The van der Waals surface area contributed by atoms with Gasteiger partial charge in [-0.15, -0.1) is 0 Å². The van der Waals surface area contributed by atoms with Gasteiger partial charge in [-0.3, -0.25) is 4.98 Å². The molecule has 1 aliphatic rings. The van der Waals surface area contributed by atoms with E-state index in [2.05, 4.69) is 36.2 Å². The molecule has 27 heavy (non-hydrogen) atoms. The van der Waals surface area contributed by atoms with Gasteiger partial charge in [0.15, 0.2) is 11.6 Å². The molecule has 1 aromatic carbocycles. The van der Waals surface area contributed by atoms with E-state index < -0.39 is 0 Å². The van der Waals surface area contributed by atoms with Crippen LogP contribution in [0.2, 0.25) is 0 Å². The molecule has 0 radical (unpaired) electrons. The Bertz CT molecular complexity index is 873. The number of aromatic nitrogens is 4. The van der Waals surface area contributed by atoms with Gasteiger partial charge in [-0.2, -0.15) is 5.10 Å². The number of hydrogen-bond donors (Lipinski definition) is 0. The van der Waals surface area contributed by atoms with Crippen molar-refractivity contribution in [3.63, 3.8) is 0 Å². The smallest absolute Gasteiger partial charge is 0.181 e. The molecule has 0 bridgehead atoms. The van der Waals surface area contributed by atoms with Crippen LogP contribution < -0.4 is 0 Å². The van der Waals surface area contributed by atoms with Crippen LogP contribution in [0.4, 0.5) is 0 Å². The molecular formula is C21H24N4O2. The van der Waals surface area contributed by atoms with Gasteiger partial charge in [-0.25, -0.2) is 9.67 Å². The fourth-order valence-electron chi connectivity index (χ4n) is 3.27. The van der Waals surface area contributed by atoms with Crippen LogP contribution in [0.25, 0.3) is 11.4 Å². The van der Waals surface area contributed by atoms with E-state index in [0.29, 0.717) is 25.6 Å². The average Bonchev–Trinajstić information content (AvgIpc) is 3.33. The zero-order valence-corrected chi connectivity index (χ0v) is 15.5. The molecule has 2 aromatic heterocycles. The molecule has 140 valence electrons. The summed E-state index contributed by atoms with van der Waals surface area (Å²) < 4.78 is 13.5. The largest absolute Gasteiger partial charge is 0.376 e. The Labute approximate surface area is 159 Å². The molecule has 6 heteroatoms. The maximum absolute atomic E-state index is 5.89. The summed E-state index contributed by atoms with van der Waals surface area (Å²) in [5, 5.41) is 4.72. The van der Waals surface area contributed by atoms with Crippen molar-refractivity contribution in [2.45, 2.75) is 39.0 Å². The van der Waals surface area contributed by atoms with Crippen molar-refractivity contribution in [3.8, 4) is 11.4 Å². The highest BCUT2D eigenvalue weighted by Gasteiger charge is 2.17. The topological polar surface area (TPSA) is 62.1 Å². The van der Waals surface area contributed by atoms with Crippen LogP contribution in [0.1, 0.15) is 29.8 Å². The molecule has 1 atom stereocenters. The second-order valence-corrected chi connectivity index (χ2v) is 6.88. The van der Waals surface area contributed by atoms with E-state index in [1.807, 2.05) is 16.8 Å². The zero-order valence-electron chi connectivity index (χ0n) is 15.5. The van der Waals surface area contributed by atoms with E-state index in [-0.39, 0.29) is 6.10 Å². The molecule has 1 saturated heterocycles. The minimum absolute atomic E-state index is 0.206. The molecule has 3 aromatic rings. The number of rotatable bonds is 7. The Morgan fingerprint density at radius 2 is 2.11 bits per heavy atom. The van der Waals surface area contributed by atoms with Gasteiger partial charge in [-0.1, -0.05) is 29.8 Å². The fraction of sp³-hybridized carbons (Fsp3) is 0.381. The number of ether oxygens (including phenoxy) is 2.